The van der Waals surface area contributed by atoms with Crippen molar-refractivity contribution >= 4 is 6.03 Å². The average Bonchev–Trinajstić information content (AvgIpc) is 3.03. The number of fused-ring (bicyclic) bond motifs is 2. The van der Waals surface area contributed by atoms with Gasteiger partial charge in [0.05, 0.1) is 0 Å². The summed E-state index contributed by atoms with van der Waals surface area (Å²) in [6.45, 7) is 1.73. The van der Waals surface area contributed by atoms with Crippen molar-refractivity contribution in [2.75, 3.05) is 6.54 Å². The number of rotatable bonds is 3. The van der Waals surface area contributed by atoms with Gasteiger partial charge >= 0.3 is 12.2 Å². The van der Waals surface area contributed by atoms with Gasteiger partial charge in [-0.2, -0.15) is 13.2 Å². The Morgan fingerprint density at radius 3 is 2.59 bits per heavy atom. The highest BCUT2D eigenvalue weighted by molar-refractivity contribution is 5.76. The molecule has 3 atom stereocenters. The third-order valence-electron chi connectivity index (χ3n) is 6.45. The molecule has 4 nitrogen and oxygen atoms in total. The van der Waals surface area contributed by atoms with Gasteiger partial charge in [0, 0.05) is 30.5 Å². The highest BCUT2D eigenvalue weighted by atomic mass is 19.4. The number of benzene rings is 1. The summed E-state index contributed by atoms with van der Waals surface area (Å²) in [5, 5.41) is 13.0. The second kappa shape index (κ2) is 5.83. The molecule has 4 rings (SSSR count). The van der Waals surface area contributed by atoms with E-state index in [4.69, 9.17) is 0 Å². The Balaban J connectivity index is 1.41. The predicted octanol–water partition coefficient (Wildman–Crippen LogP) is 3.31. The zero-order valence-corrected chi connectivity index (χ0v) is 14.9. The first-order valence-corrected chi connectivity index (χ1v) is 9.16. The van der Waals surface area contributed by atoms with Crippen LogP contribution in [0.25, 0.3) is 0 Å². The molecule has 0 aromatic heterocycles. The van der Waals surface area contributed by atoms with E-state index in [1.54, 1.807) is 6.07 Å². The minimum Gasteiger partial charge on any atom is -0.380 e. The first kappa shape index (κ1) is 18.5. The molecule has 2 saturated carbocycles. The molecule has 3 aliphatic rings. The predicted molar refractivity (Wildman–Crippen MR) is 89.6 cm³/mol. The molecule has 2 aliphatic carbocycles. The number of likely N-dealkylation sites (tertiary alicyclic amines) is 1. The van der Waals surface area contributed by atoms with Crippen molar-refractivity contribution in [3.05, 3.63) is 35.1 Å². The molecule has 3 fully saturated rings. The van der Waals surface area contributed by atoms with Crippen LogP contribution >= 0.6 is 0 Å². The number of carbonyl (C=O) groups excluding carboxylic acids is 1. The van der Waals surface area contributed by atoms with Crippen LogP contribution in [-0.2, 0) is 6.42 Å². The van der Waals surface area contributed by atoms with Crippen molar-refractivity contribution < 1.29 is 27.5 Å². The quantitative estimate of drug-likeness (QED) is 0.784. The van der Waals surface area contributed by atoms with E-state index in [2.05, 4.69) is 5.32 Å². The standard InChI is InChI=1S/C19H22F4N2O2/c1-11-6-14(20)3-2-12(11)8-17(4-5-17)24-16(26)25-10-13-7-15(25)9-18(13,27)19(21,22)23/h2-3,6,13,15,27H,4-5,7-10H2,1H3,(H,24,26). The summed E-state index contributed by atoms with van der Waals surface area (Å²) in [4.78, 5) is 14.1. The molecular weight excluding hydrogens is 364 g/mol. The summed E-state index contributed by atoms with van der Waals surface area (Å²) in [5.74, 6) is -1.28. The number of alkyl halides is 3. The maximum Gasteiger partial charge on any atom is 0.417 e. The van der Waals surface area contributed by atoms with E-state index in [1.165, 1.54) is 17.0 Å². The minimum absolute atomic E-state index is 0.0852. The smallest absolute Gasteiger partial charge is 0.380 e. The van der Waals surface area contributed by atoms with Crippen LogP contribution in [0.4, 0.5) is 22.4 Å². The van der Waals surface area contributed by atoms with Crippen LogP contribution in [0.15, 0.2) is 18.2 Å². The molecule has 0 radical (unpaired) electrons. The number of aliphatic hydroxyl groups is 1. The summed E-state index contributed by atoms with van der Waals surface area (Å²) >= 11 is 0. The van der Waals surface area contributed by atoms with E-state index in [1.807, 2.05) is 6.92 Å². The maximum absolute atomic E-state index is 13.3. The molecule has 148 valence electrons. The highest BCUT2D eigenvalue weighted by Crippen LogP contribution is 2.52. The normalized spacial score (nSPS) is 31.3. The van der Waals surface area contributed by atoms with Crippen molar-refractivity contribution in [3.63, 3.8) is 0 Å². The fourth-order valence-corrected chi connectivity index (χ4v) is 4.60. The molecule has 1 aromatic carbocycles. The van der Waals surface area contributed by atoms with Crippen LogP contribution in [0.3, 0.4) is 0 Å². The van der Waals surface area contributed by atoms with Crippen molar-refractivity contribution in [1.82, 2.24) is 10.2 Å². The van der Waals surface area contributed by atoms with Crippen LogP contribution in [0.1, 0.15) is 36.8 Å². The average molecular weight is 386 g/mol. The topological polar surface area (TPSA) is 52.6 Å². The van der Waals surface area contributed by atoms with E-state index in [-0.39, 0.29) is 24.8 Å². The number of hydrogen-bond donors (Lipinski definition) is 2. The Morgan fingerprint density at radius 2 is 2.07 bits per heavy atom. The molecule has 8 heteroatoms. The van der Waals surface area contributed by atoms with E-state index >= 15 is 0 Å². The van der Waals surface area contributed by atoms with Gasteiger partial charge in [0.2, 0.25) is 0 Å². The number of hydrogen-bond acceptors (Lipinski definition) is 2. The number of urea groups is 1. The number of aryl methyl sites for hydroxylation is 1. The lowest BCUT2D eigenvalue weighted by Crippen LogP contribution is -2.58. The van der Waals surface area contributed by atoms with Crippen LogP contribution in [0.5, 0.6) is 0 Å². The van der Waals surface area contributed by atoms with Gasteiger partial charge in [-0.05, 0) is 55.9 Å². The fourth-order valence-electron chi connectivity index (χ4n) is 4.60. The monoisotopic (exact) mass is 386 g/mol. The Kier molecular flexibility index (Phi) is 4.00. The van der Waals surface area contributed by atoms with Crippen LogP contribution in [0.2, 0.25) is 0 Å². The number of amides is 2. The van der Waals surface area contributed by atoms with Gasteiger partial charge in [-0.15, -0.1) is 0 Å². The second-order valence-corrected chi connectivity index (χ2v) is 8.32. The van der Waals surface area contributed by atoms with Gasteiger partial charge in [-0.1, -0.05) is 6.07 Å². The van der Waals surface area contributed by atoms with Crippen molar-refractivity contribution in [2.24, 2.45) is 5.92 Å². The van der Waals surface area contributed by atoms with Crippen molar-refractivity contribution in [1.29, 1.82) is 0 Å². The summed E-state index contributed by atoms with van der Waals surface area (Å²) in [6.07, 6.45) is -2.83. The molecule has 0 spiro atoms. The molecule has 1 saturated heterocycles. The Hall–Kier alpha value is -1.83. The van der Waals surface area contributed by atoms with Crippen molar-refractivity contribution in [2.45, 2.75) is 62.4 Å². The molecule has 1 aliphatic heterocycles. The Bertz CT molecular complexity index is 777. The Morgan fingerprint density at radius 1 is 1.37 bits per heavy atom. The summed E-state index contributed by atoms with van der Waals surface area (Å²) < 4.78 is 52.6. The van der Waals surface area contributed by atoms with E-state index < -0.39 is 35.7 Å². The molecular formula is C19H22F4N2O2. The van der Waals surface area contributed by atoms with Gasteiger partial charge < -0.3 is 15.3 Å². The maximum atomic E-state index is 13.3. The van der Waals surface area contributed by atoms with Gasteiger partial charge in [-0.25, -0.2) is 9.18 Å². The summed E-state index contributed by atoms with van der Waals surface area (Å²) in [5.41, 5.74) is -1.34. The number of carbonyl (C=O) groups is 1. The zero-order valence-electron chi connectivity index (χ0n) is 14.9. The zero-order chi connectivity index (χ0) is 19.6. The molecule has 2 bridgehead atoms. The molecule has 1 aromatic rings. The minimum atomic E-state index is -4.67. The van der Waals surface area contributed by atoms with E-state index in [0.29, 0.717) is 6.42 Å². The third kappa shape index (κ3) is 3.07. The van der Waals surface area contributed by atoms with Gasteiger partial charge in [0.15, 0.2) is 5.60 Å². The largest absolute Gasteiger partial charge is 0.417 e. The lowest BCUT2D eigenvalue weighted by atomic mass is 9.88. The third-order valence-corrected chi connectivity index (χ3v) is 6.45. The summed E-state index contributed by atoms with van der Waals surface area (Å²) in [6, 6.07) is 3.58. The van der Waals surface area contributed by atoms with E-state index in [0.717, 1.165) is 24.0 Å². The van der Waals surface area contributed by atoms with Gasteiger partial charge in [0.25, 0.3) is 0 Å². The lowest BCUT2D eigenvalue weighted by Gasteiger charge is -2.39. The number of nitrogens with one attached hydrogen (secondary N) is 1. The number of piperidine rings is 1. The molecule has 2 amide bonds. The second-order valence-electron chi connectivity index (χ2n) is 8.32. The molecule has 27 heavy (non-hydrogen) atoms. The van der Waals surface area contributed by atoms with E-state index in [9.17, 15) is 27.5 Å². The Labute approximate surface area is 154 Å². The SMILES string of the molecule is Cc1cc(F)ccc1CC1(NC(=O)N2CC3CC2CC3(O)C(F)(F)F)CC1. The fraction of sp³-hybridized carbons (Fsp3) is 0.632. The first-order valence-electron chi connectivity index (χ1n) is 9.16. The molecule has 3 unspecified atom stereocenters. The van der Waals surface area contributed by atoms with Crippen molar-refractivity contribution in [3.8, 4) is 0 Å². The van der Waals surface area contributed by atoms with Crippen LogP contribution < -0.4 is 5.32 Å². The lowest BCUT2D eigenvalue weighted by molar-refractivity contribution is -0.278. The van der Waals surface area contributed by atoms with Crippen LogP contribution in [-0.4, -0.2) is 45.9 Å². The molecule has 2 N–H and O–H groups in total. The highest BCUT2D eigenvalue weighted by Gasteiger charge is 2.67. The first-order chi connectivity index (χ1) is 12.5. The molecule has 1 heterocycles. The van der Waals surface area contributed by atoms with Gasteiger partial charge in [-0.3, -0.25) is 0 Å². The van der Waals surface area contributed by atoms with Crippen LogP contribution in [0, 0.1) is 18.7 Å². The number of nitrogens with zero attached hydrogens (tertiary/aromatic N) is 1. The number of halogens is 4. The summed E-state index contributed by atoms with van der Waals surface area (Å²) in [7, 11) is 0. The van der Waals surface area contributed by atoms with Gasteiger partial charge in [0.1, 0.15) is 5.82 Å².